The van der Waals surface area contributed by atoms with E-state index >= 15 is 0 Å². The number of benzene rings is 1. The first-order valence-corrected chi connectivity index (χ1v) is 7.66. The van der Waals surface area contributed by atoms with E-state index in [2.05, 4.69) is 20.8 Å². The largest absolute Gasteiger partial charge is 0.419 e. The summed E-state index contributed by atoms with van der Waals surface area (Å²) in [5, 5.41) is -0.0702. The molecule has 1 heterocycles. The van der Waals surface area contributed by atoms with E-state index in [1.165, 1.54) is 0 Å². The van der Waals surface area contributed by atoms with Crippen LogP contribution < -0.4 is 5.76 Å². The van der Waals surface area contributed by atoms with E-state index in [9.17, 15) is 4.79 Å². The second-order valence-electron chi connectivity index (χ2n) is 5.75. The molecule has 3 nitrogen and oxygen atoms in total. The molecule has 0 spiro atoms. The number of nitrogens with zero attached hydrogens (tertiary/aromatic N) is 1. The van der Waals surface area contributed by atoms with E-state index in [0.29, 0.717) is 24.0 Å². The lowest BCUT2D eigenvalue weighted by atomic mass is 9.90. The summed E-state index contributed by atoms with van der Waals surface area (Å²) in [5.41, 5.74) is 2.49. The van der Waals surface area contributed by atoms with Gasteiger partial charge in [0.15, 0.2) is 5.58 Å². The van der Waals surface area contributed by atoms with Crippen molar-refractivity contribution >= 4 is 22.7 Å². The third kappa shape index (κ3) is 2.78. The van der Waals surface area contributed by atoms with Crippen LogP contribution in [0.15, 0.2) is 27.4 Å². The first kappa shape index (κ1) is 15.2. The van der Waals surface area contributed by atoms with Crippen molar-refractivity contribution in [1.29, 1.82) is 0 Å². The van der Waals surface area contributed by atoms with Crippen LogP contribution in [0.5, 0.6) is 0 Å². The van der Waals surface area contributed by atoms with Gasteiger partial charge in [-0.2, -0.15) is 0 Å². The Kier molecular flexibility index (Phi) is 4.59. The molecule has 20 heavy (non-hydrogen) atoms. The summed E-state index contributed by atoms with van der Waals surface area (Å²) in [4.78, 5) is 11.8. The van der Waals surface area contributed by atoms with Crippen molar-refractivity contribution in [2.24, 2.45) is 11.8 Å². The van der Waals surface area contributed by atoms with Gasteiger partial charge in [0, 0.05) is 6.54 Å². The highest BCUT2D eigenvalue weighted by Gasteiger charge is 2.21. The number of aromatic nitrogens is 1. The van der Waals surface area contributed by atoms with Crippen molar-refractivity contribution in [2.75, 3.05) is 0 Å². The van der Waals surface area contributed by atoms with E-state index in [1.54, 1.807) is 4.57 Å². The fourth-order valence-electron chi connectivity index (χ4n) is 2.33. The molecular weight excluding hydrogens is 274 g/mol. The van der Waals surface area contributed by atoms with Crippen molar-refractivity contribution in [2.45, 2.75) is 46.0 Å². The number of alkyl halides is 1. The van der Waals surface area contributed by atoms with Gasteiger partial charge in [-0.3, -0.25) is 4.57 Å². The number of rotatable bonds is 5. The molecule has 0 amide bonds. The molecule has 0 saturated carbocycles. The topological polar surface area (TPSA) is 35.1 Å². The van der Waals surface area contributed by atoms with Gasteiger partial charge in [0.05, 0.1) is 10.9 Å². The Morgan fingerprint density at radius 2 is 2.00 bits per heavy atom. The highest BCUT2D eigenvalue weighted by Crippen LogP contribution is 2.34. The van der Waals surface area contributed by atoms with Gasteiger partial charge in [0.2, 0.25) is 0 Å². The Labute approximate surface area is 124 Å². The maximum Gasteiger partial charge on any atom is 0.419 e. The molecular formula is C16H22ClNO2. The predicted octanol–water partition coefficient (Wildman–Crippen LogP) is 4.58. The van der Waals surface area contributed by atoms with Crippen LogP contribution in [-0.4, -0.2) is 4.57 Å². The van der Waals surface area contributed by atoms with E-state index in [-0.39, 0.29) is 11.1 Å². The Hall–Kier alpha value is -1.22. The lowest BCUT2D eigenvalue weighted by Gasteiger charge is -2.21. The Morgan fingerprint density at radius 3 is 2.60 bits per heavy atom. The molecule has 0 bridgehead atoms. The molecule has 0 radical (unpaired) electrons. The average molecular weight is 296 g/mol. The predicted molar refractivity (Wildman–Crippen MR) is 83.4 cm³/mol. The van der Waals surface area contributed by atoms with Crippen LogP contribution in [0.4, 0.5) is 0 Å². The van der Waals surface area contributed by atoms with Crippen LogP contribution >= 0.6 is 11.6 Å². The molecule has 0 aliphatic rings. The van der Waals surface area contributed by atoms with Crippen molar-refractivity contribution in [3.63, 3.8) is 0 Å². The zero-order valence-electron chi connectivity index (χ0n) is 12.5. The lowest BCUT2D eigenvalue weighted by Crippen LogP contribution is -2.13. The molecule has 0 N–H and O–H groups in total. The smallest absolute Gasteiger partial charge is 0.408 e. The van der Waals surface area contributed by atoms with Gasteiger partial charge in [0.1, 0.15) is 0 Å². The van der Waals surface area contributed by atoms with Crippen molar-refractivity contribution < 1.29 is 4.42 Å². The highest BCUT2D eigenvalue weighted by atomic mass is 35.5. The molecule has 1 aromatic heterocycles. The number of hydrogen-bond acceptors (Lipinski definition) is 2. The third-order valence-electron chi connectivity index (χ3n) is 3.97. The second-order valence-corrected chi connectivity index (χ2v) is 6.22. The SMILES string of the molecule is CCCn1c(=O)oc2cc(C(Cl)C(C)C(C)C)ccc21. The zero-order chi connectivity index (χ0) is 14.9. The first-order valence-electron chi connectivity index (χ1n) is 7.23. The zero-order valence-corrected chi connectivity index (χ0v) is 13.3. The minimum atomic E-state index is -0.290. The molecule has 110 valence electrons. The minimum absolute atomic E-state index is 0.0702. The van der Waals surface area contributed by atoms with Crippen molar-refractivity contribution in [1.82, 2.24) is 4.57 Å². The van der Waals surface area contributed by atoms with Crippen molar-refractivity contribution in [3.8, 4) is 0 Å². The summed E-state index contributed by atoms with van der Waals surface area (Å²) < 4.78 is 7.01. The van der Waals surface area contributed by atoms with Gasteiger partial charge >= 0.3 is 5.76 Å². The van der Waals surface area contributed by atoms with Crippen LogP contribution in [0.1, 0.15) is 45.1 Å². The summed E-state index contributed by atoms with van der Waals surface area (Å²) >= 11 is 6.53. The summed E-state index contributed by atoms with van der Waals surface area (Å²) in [6, 6.07) is 5.84. The number of aryl methyl sites for hydroxylation is 1. The van der Waals surface area contributed by atoms with Gasteiger partial charge < -0.3 is 4.42 Å². The molecule has 0 fully saturated rings. The Morgan fingerprint density at radius 1 is 1.30 bits per heavy atom. The Bertz CT molecular complexity index is 641. The first-order chi connectivity index (χ1) is 9.45. The highest BCUT2D eigenvalue weighted by molar-refractivity contribution is 6.21. The molecule has 4 heteroatoms. The van der Waals surface area contributed by atoms with Crippen LogP contribution in [-0.2, 0) is 6.54 Å². The van der Waals surface area contributed by atoms with Gasteiger partial charge in [-0.15, -0.1) is 11.6 Å². The molecule has 2 atom stereocenters. The molecule has 2 unspecified atom stereocenters. The number of oxazole rings is 1. The number of fused-ring (bicyclic) bond motifs is 1. The normalized spacial score (nSPS) is 14.9. The third-order valence-corrected chi connectivity index (χ3v) is 4.62. The fraction of sp³-hybridized carbons (Fsp3) is 0.562. The minimum Gasteiger partial charge on any atom is -0.408 e. The van der Waals surface area contributed by atoms with Crippen LogP contribution in [0.3, 0.4) is 0 Å². The number of halogens is 1. The van der Waals surface area contributed by atoms with Crippen LogP contribution in [0, 0.1) is 11.8 Å². The lowest BCUT2D eigenvalue weighted by molar-refractivity contribution is 0.406. The molecule has 2 aromatic rings. The summed E-state index contributed by atoms with van der Waals surface area (Å²) in [6.45, 7) is 9.19. The standard InChI is InChI=1S/C16H22ClNO2/c1-5-8-18-13-7-6-12(9-14(13)20-16(18)19)15(17)11(4)10(2)3/h6-7,9-11,15H,5,8H2,1-4H3. The van der Waals surface area contributed by atoms with Crippen LogP contribution in [0.2, 0.25) is 0 Å². The maximum absolute atomic E-state index is 11.8. The molecule has 0 saturated heterocycles. The van der Waals surface area contributed by atoms with Crippen LogP contribution in [0.25, 0.3) is 11.1 Å². The molecule has 2 rings (SSSR count). The van der Waals surface area contributed by atoms with E-state index in [4.69, 9.17) is 16.0 Å². The van der Waals surface area contributed by atoms with E-state index in [1.807, 2.05) is 25.1 Å². The monoisotopic (exact) mass is 295 g/mol. The fourth-order valence-corrected chi connectivity index (χ4v) is 2.76. The van der Waals surface area contributed by atoms with E-state index < -0.39 is 0 Å². The summed E-state index contributed by atoms with van der Waals surface area (Å²) in [7, 11) is 0. The number of hydrogen-bond donors (Lipinski definition) is 0. The van der Waals surface area contributed by atoms with Gasteiger partial charge in [0.25, 0.3) is 0 Å². The van der Waals surface area contributed by atoms with Gasteiger partial charge in [-0.1, -0.05) is 33.8 Å². The maximum atomic E-state index is 11.8. The average Bonchev–Trinajstić information content (AvgIpc) is 2.73. The molecule has 0 aliphatic carbocycles. The molecule has 1 aromatic carbocycles. The van der Waals surface area contributed by atoms with Gasteiger partial charge in [-0.05, 0) is 36.0 Å². The summed E-state index contributed by atoms with van der Waals surface area (Å²) in [6.07, 6.45) is 0.902. The summed E-state index contributed by atoms with van der Waals surface area (Å²) in [5.74, 6) is 0.575. The second kappa shape index (κ2) is 6.04. The quantitative estimate of drug-likeness (QED) is 0.757. The molecule has 0 aliphatic heterocycles. The van der Waals surface area contributed by atoms with Gasteiger partial charge in [-0.25, -0.2) is 4.79 Å². The van der Waals surface area contributed by atoms with Crippen molar-refractivity contribution in [3.05, 3.63) is 34.3 Å². The Balaban J connectivity index is 2.42. The van der Waals surface area contributed by atoms with E-state index in [0.717, 1.165) is 17.5 Å².